The number of hydrogen-bond acceptors (Lipinski definition) is 4. The van der Waals surface area contributed by atoms with Gasteiger partial charge in [-0.15, -0.1) is 0 Å². The molecule has 82 valence electrons. The van der Waals surface area contributed by atoms with Gasteiger partial charge in [-0.2, -0.15) is 0 Å². The molecule has 0 unspecified atom stereocenters. The van der Waals surface area contributed by atoms with Gasteiger partial charge in [0.05, 0.1) is 16.9 Å². The standard InChI is InChI=1S/C12H7ClN4/c13-9-6-10(11-7-14-4-5-15-11)17-12-8(9)2-1-3-16-12/h1-7H. The molecule has 3 heterocycles. The van der Waals surface area contributed by atoms with Crippen LogP contribution in [-0.2, 0) is 0 Å². The van der Waals surface area contributed by atoms with E-state index < -0.39 is 0 Å². The molecule has 0 saturated carbocycles. The van der Waals surface area contributed by atoms with Crippen molar-refractivity contribution >= 4 is 22.6 Å². The molecule has 3 aromatic heterocycles. The third-order valence-electron chi connectivity index (χ3n) is 2.36. The summed E-state index contributed by atoms with van der Waals surface area (Å²) in [6, 6.07) is 5.49. The van der Waals surface area contributed by atoms with Gasteiger partial charge in [-0.1, -0.05) is 11.6 Å². The van der Waals surface area contributed by atoms with E-state index in [2.05, 4.69) is 19.9 Å². The quantitative estimate of drug-likeness (QED) is 0.658. The van der Waals surface area contributed by atoms with E-state index >= 15 is 0 Å². The van der Waals surface area contributed by atoms with Crippen LogP contribution < -0.4 is 0 Å². The Bertz CT molecular complexity index is 670. The topological polar surface area (TPSA) is 51.6 Å². The fraction of sp³-hybridized carbons (Fsp3) is 0. The molecule has 0 aromatic carbocycles. The molecule has 17 heavy (non-hydrogen) atoms. The van der Waals surface area contributed by atoms with Gasteiger partial charge in [-0.25, -0.2) is 9.97 Å². The second-order valence-corrected chi connectivity index (χ2v) is 3.86. The molecule has 3 rings (SSSR count). The van der Waals surface area contributed by atoms with Gasteiger partial charge in [0.25, 0.3) is 0 Å². The molecule has 5 heteroatoms. The van der Waals surface area contributed by atoms with Gasteiger partial charge in [-0.05, 0) is 18.2 Å². The largest absolute Gasteiger partial charge is 0.261 e. The van der Waals surface area contributed by atoms with Gasteiger partial charge in [0.2, 0.25) is 0 Å². The number of rotatable bonds is 1. The second-order valence-electron chi connectivity index (χ2n) is 3.45. The van der Waals surface area contributed by atoms with E-state index in [4.69, 9.17) is 11.6 Å². The lowest BCUT2D eigenvalue weighted by atomic mass is 10.2. The van der Waals surface area contributed by atoms with Crippen molar-refractivity contribution in [2.75, 3.05) is 0 Å². The van der Waals surface area contributed by atoms with Crippen LogP contribution in [0.1, 0.15) is 0 Å². The van der Waals surface area contributed by atoms with Crippen LogP contribution >= 0.6 is 11.6 Å². The Kier molecular flexibility index (Phi) is 2.42. The van der Waals surface area contributed by atoms with Crippen molar-refractivity contribution in [1.29, 1.82) is 0 Å². The molecule has 0 amide bonds. The van der Waals surface area contributed by atoms with Gasteiger partial charge in [0.1, 0.15) is 5.69 Å². The Morgan fingerprint density at radius 1 is 1.00 bits per heavy atom. The molecule has 0 fully saturated rings. The first kappa shape index (κ1) is 10.1. The van der Waals surface area contributed by atoms with E-state index in [1.165, 1.54) is 0 Å². The highest BCUT2D eigenvalue weighted by atomic mass is 35.5. The summed E-state index contributed by atoms with van der Waals surface area (Å²) in [6.45, 7) is 0. The summed E-state index contributed by atoms with van der Waals surface area (Å²) in [6.07, 6.45) is 6.57. The lowest BCUT2D eigenvalue weighted by Crippen LogP contribution is -1.91. The summed E-state index contributed by atoms with van der Waals surface area (Å²) in [5, 5.41) is 1.45. The first-order valence-corrected chi connectivity index (χ1v) is 5.40. The minimum Gasteiger partial charge on any atom is -0.261 e. The molecule has 0 aliphatic heterocycles. The number of nitrogens with zero attached hydrogens (tertiary/aromatic N) is 4. The second kappa shape index (κ2) is 4.07. The first-order valence-electron chi connectivity index (χ1n) is 5.02. The van der Waals surface area contributed by atoms with Crippen LogP contribution in [0.4, 0.5) is 0 Å². The lowest BCUT2D eigenvalue weighted by molar-refractivity contribution is 1.18. The van der Waals surface area contributed by atoms with Crippen molar-refractivity contribution in [3.05, 3.63) is 48.0 Å². The molecule has 0 N–H and O–H groups in total. The minimum atomic E-state index is 0.612. The van der Waals surface area contributed by atoms with Crippen LogP contribution in [0.25, 0.3) is 22.4 Å². The Morgan fingerprint density at radius 3 is 2.76 bits per heavy atom. The summed E-state index contributed by atoms with van der Waals surface area (Å²) in [4.78, 5) is 16.8. The third kappa shape index (κ3) is 1.83. The number of hydrogen-bond donors (Lipinski definition) is 0. The Morgan fingerprint density at radius 2 is 1.94 bits per heavy atom. The van der Waals surface area contributed by atoms with Crippen LogP contribution in [0.5, 0.6) is 0 Å². The normalized spacial score (nSPS) is 10.6. The van der Waals surface area contributed by atoms with Crippen molar-refractivity contribution in [2.24, 2.45) is 0 Å². The number of pyridine rings is 2. The summed E-state index contributed by atoms with van der Waals surface area (Å²) in [5.74, 6) is 0. The van der Waals surface area contributed by atoms with Crippen molar-refractivity contribution in [1.82, 2.24) is 19.9 Å². The fourth-order valence-electron chi connectivity index (χ4n) is 1.58. The molecule has 0 bridgehead atoms. The number of aromatic nitrogens is 4. The molecule has 0 spiro atoms. The van der Waals surface area contributed by atoms with E-state index in [9.17, 15) is 0 Å². The molecule has 0 aliphatic carbocycles. The summed E-state index contributed by atoms with van der Waals surface area (Å²) in [7, 11) is 0. The molecule has 0 aliphatic rings. The van der Waals surface area contributed by atoms with E-state index in [-0.39, 0.29) is 0 Å². The monoisotopic (exact) mass is 242 g/mol. The maximum Gasteiger partial charge on any atom is 0.161 e. The van der Waals surface area contributed by atoms with E-state index in [1.807, 2.05) is 12.1 Å². The molecular weight excluding hydrogens is 236 g/mol. The highest BCUT2D eigenvalue weighted by molar-refractivity contribution is 6.35. The molecule has 3 aromatic rings. The maximum absolute atomic E-state index is 6.18. The predicted molar refractivity (Wildman–Crippen MR) is 65.6 cm³/mol. The molecular formula is C12H7ClN4. The SMILES string of the molecule is Clc1cc(-c2cnccn2)nc2ncccc12. The Hall–Kier alpha value is -2.07. The van der Waals surface area contributed by atoms with Gasteiger partial charge >= 0.3 is 0 Å². The summed E-state index contributed by atoms with van der Waals surface area (Å²) < 4.78 is 0. The zero-order chi connectivity index (χ0) is 11.7. The zero-order valence-electron chi connectivity index (χ0n) is 8.71. The van der Waals surface area contributed by atoms with Crippen molar-refractivity contribution < 1.29 is 0 Å². The average molecular weight is 243 g/mol. The number of fused-ring (bicyclic) bond motifs is 1. The first-order chi connectivity index (χ1) is 8.34. The highest BCUT2D eigenvalue weighted by Gasteiger charge is 2.07. The Labute approximate surface area is 102 Å². The molecule has 0 atom stereocenters. The summed E-state index contributed by atoms with van der Waals surface area (Å²) >= 11 is 6.18. The van der Waals surface area contributed by atoms with Gasteiger partial charge in [0.15, 0.2) is 5.65 Å². The van der Waals surface area contributed by atoms with Crippen LogP contribution in [-0.4, -0.2) is 19.9 Å². The minimum absolute atomic E-state index is 0.612. The van der Waals surface area contributed by atoms with Crippen molar-refractivity contribution in [3.63, 3.8) is 0 Å². The fourth-order valence-corrected chi connectivity index (χ4v) is 1.83. The smallest absolute Gasteiger partial charge is 0.161 e. The lowest BCUT2D eigenvalue weighted by Gasteiger charge is -2.03. The zero-order valence-corrected chi connectivity index (χ0v) is 9.46. The van der Waals surface area contributed by atoms with E-state index in [0.29, 0.717) is 22.1 Å². The molecule has 0 saturated heterocycles. The van der Waals surface area contributed by atoms with E-state index in [1.54, 1.807) is 30.9 Å². The van der Waals surface area contributed by atoms with Crippen LogP contribution in [0.2, 0.25) is 5.02 Å². The summed E-state index contributed by atoms with van der Waals surface area (Å²) in [5.41, 5.74) is 1.97. The third-order valence-corrected chi connectivity index (χ3v) is 2.67. The van der Waals surface area contributed by atoms with Crippen molar-refractivity contribution in [3.8, 4) is 11.4 Å². The molecule has 0 radical (unpaired) electrons. The number of halogens is 1. The van der Waals surface area contributed by atoms with Gasteiger partial charge in [0, 0.05) is 24.0 Å². The van der Waals surface area contributed by atoms with Gasteiger partial charge in [-0.3, -0.25) is 9.97 Å². The van der Waals surface area contributed by atoms with Crippen molar-refractivity contribution in [2.45, 2.75) is 0 Å². The van der Waals surface area contributed by atoms with Gasteiger partial charge < -0.3 is 0 Å². The van der Waals surface area contributed by atoms with Crippen LogP contribution in [0.15, 0.2) is 43.0 Å². The Balaban J connectivity index is 2.26. The average Bonchev–Trinajstić information content (AvgIpc) is 2.40. The van der Waals surface area contributed by atoms with Crippen LogP contribution in [0.3, 0.4) is 0 Å². The molecule has 4 nitrogen and oxygen atoms in total. The highest BCUT2D eigenvalue weighted by Crippen LogP contribution is 2.25. The predicted octanol–water partition coefficient (Wildman–Crippen LogP) is 2.74. The van der Waals surface area contributed by atoms with Crippen LogP contribution in [0, 0.1) is 0 Å². The van der Waals surface area contributed by atoms with E-state index in [0.717, 1.165) is 5.39 Å². The maximum atomic E-state index is 6.18.